The Morgan fingerprint density at radius 2 is 1.81 bits per heavy atom. The molecule has 0 spiro atoms. The number of carbonyl (C=O) groups is 1. The fourth-order valence-electron chi connectivity index (χ4n) is 3.53. The van der Waals surface area contributed by atoms with E-state index in [1.54, 1.807) is 12.1 Å². The zero-order valence-electron chi connectivity index (χ0n) is 15.0. The summed E-state index contributed by atoms with van der Waals surface area (Å²) in [7, 11) is 0. The van der Waals surface area contributed by atoms with Gasteiger partial charge in [-0.2, -0.15) is 0 Å². The Kier molecular flexibility index (Phi) is 6.28. The van der Waals surface area contributed by atoms with Crippen molar-refractivity contribution in [2.24, 2.45) is 0 Å². The minimum Gasteiger partial charge on any atom is -0.309 e. The first-order chi connectivity index (χ1) is 12.6. The van der Waals surface area contributed by atoms with Crippen molar-refractivity contribution in [3.8, 4) is 0 Å². The molecular weight excluding hydrogens is 351 g/mol. The fourth-order valence-corrected chi connectivity index (χ4v) is 3.73. The maximum Gasteiger partial charge on any atom is 0.226 e. The van der Waals surface area contributed by atoms with Gasteiger partial charge in [0.1, 0.15) is 5.82 Å². The quantitative estimate of drug-likeness (QED) is 0.744. The maximum atomic E-state index is 13.2. The molecule has 0 aromatic heterocycles. The van der Waals surface area contributed by atoms with Gasteiger partial charge in [0.15, 0.2) is 0 Å². The second-order valence-electron chi connectivity index (χ2n) is 6.69. The molecule has 1 amide bonds. The van der Waals surface area contributed by atoms with Crippen LogP contribution < -0.4 is 4.90 Å². The van der Waals surface area contributed by atoms with E-state index in [1.165, 1.54) is 12.1 Å². The predicted octanol–water partition coefficient (Wildman–Crippen LogP) is 4.89. The fraction of sp³-hybridized carbons (Fsp3) is 0.381. The van der Waals surface area contributed by atoms with Gasteiger partial charge in [-0.15, -0.1) is 0 Å². The van der Waals surface area contributed by atoms with Gasteiger partial charge in [-0.05, 0) is 48.7 Å². The van der Waals surface area contributed by atoms with Gasteiger partial charge in [0, 0.05) is 42.8 Å². The van der Waals surface area contributed by atoms with Crippen molar-refractivity contribution >= 4 is 23.2 Å². The topological polar surface area (TPSA) is 23.6 Å². The second kappa shape index (κ2) is 8.65. The van der Waals surface area contributed by atoms with E-state index in [0.717, 1.165) is 48.7 Å². The molecule has 1 aliphatic rings. The van der Waals surface area contributed by atoms with E-state index in [9.17, 15) is 9.18 Å². The second-order valence-corrected chi connectivity index (χ2v) is 7.10. The van der Waals surface area contributed by atoms with Gasteiger partial charge < -0.3 is 4.90 Å². The molecule has 0 N–H and O–H groups in total. The van der Waals surface area contributed by atoms with E-state index in [4.69, 9.17) is 11.6 Å². The summed E-state index contributed by atoms with van der Waals surface area (Å²) >= 11 is 6.27. The highest BCUT2D eigenvalue weighted by atomic mass is 35.5. The lowest BCUT2D eigenvalue weighted by atomic mass is 10.0. The molecule has 3 nitrogen and oxygen atoms in total. The van der Waals surface area contributed by atoms with Crippen LogP contribution in [0.3, 0.4) is 0 Å². The monoisotopic (exact) mass is 374 g/mol. The molecule has 0 aliphatic carbocycles. The molecule has 1 aliphatic heterocycles. The molecular formula is C21H24ClFN2O. The molecule has 26 heavy (non-hydrogen) atoms. The Balaban J connectivity index is 1.67. The van der Waals surface area contributed by atoms with Crippen LogP contribution in [0.25, 0.3) is 0 Å². The van der Waals surface area contributed by atoms with Crippen LogP contribution in [-0.2, 0) is 11.3 Å². The van der Waals surface area contributed by atoms with Crippen LogP contribution in [0.1, 0.15) is 31.7 Å². The number of hydrogen-bond donors (Lipinski definition) is 0. The molecule has 0 atom stereocenters. The average Bonchev–Trinajstić information content (AvgIpc) is 2.66. The van der Waals surface area contributed by atoms with E-state index in [2.05, 4.69) is 11.0 Å². The first-order valence-electron chi connectivity index (χ1n) is 9.12. The maximum absolute atomic E-state index is 13.2. The van der Waals surface area contributed by atoms with Crippen molar-refractivity contribution in [1.29, 1.82) is 0 Å². The SMILES string of the molecule is CCC(=O)N(c1ccc(F)cc1)C1CCN(Cc2ccccc2Cl)CC1. The van der Waals surface area contributed by atoms with E-state index in [1.807, 2.05) is 30.0 Å². The lowest BCUT2D eigenvalue weighted by molar-refractivity contribution is -0.119. The molecule has 2 aromatic carbocycles. The van der Waals surface area contributed by atoms with Crippen LogP contribution >= 0.6 is 11.6 Å². The number of amides is 1. The minimum absolute atomic E-state index is 0.0844. The van der Waals surface area contributed by atoms with Crippen molar-refractivity contribution < 1.29 is 9.18 Å². The smallest absolute Gasteiger partial charge is 0.226 e. The van der Waals surface area contributed by atoms with Crippen LogP contribution in [0.4, 0.5) is 10.1 Å². The molecule has 0 radical (unpaired) electrons. The standard InChI is InChI=1S/C21H24ClFN2O/c1-2-21(26)25(18-9-7-17(23)8-10-18)19-11-13-24(14-12-19)15-16-5-3-4-6-20(16)22/h3-10,19H,2,11-15H2,1H3. The Labute approximate surface area is 159 Å². The van der Waals surface area contributed by atoms with Gasteiger partial charge in [-0.25, -0.2) is 4.39 Å². The molecule has 0 bridgehead atoms. The van der Waals surface area contributed by atoms with E-state index in [-0.39, 0.29) is 17.8 Å². The summed E-state index contributed by atoms with van der Waals surface area (Å²) < 4.78 is 13.2. The molecule has 1 fully saturated rings. The minimum atomic E-state index is -0.285. The Morgan fingerprint density at radius 3 is 2.42 bits per heavy atom. The molecule has 1 saturated heterocycles. The molecule has 138 valence electrons. The van der Waals surface area contributed by atoms with E-state index >= 15 is 0 Å². The third-order valence-corrected chi connectivity index (χ3v) is 5.32. The number of rotatable bonds is 5. The molecule has 0 saturated carbocycles. The van der Waals surface area contributed by atoms with Gasteiger partial charge in [0.2, 0.25) is 5.91 Å². The Hall–Kier alpha value is -1.91. The number of nitrogens with zero attached hydrogens (tertiary/aromatic N) is 2. The molecule has 3 rings (SSSR count). The third kappa shape index (κ3) is 4.43. The van der Waals surface area contributed by atoms with E-state index < -0.39 is 0 Å². The largest absolute Gasteiger partial charge is 0.309 e. The molecule has 1 heterocycles. The number of hydrogen-bond acceptors (Lipinski definition) is 2. The summed E-state index contributed by atoms with van der Waals surface area (Å²) in [5.41, 5.74) is 1.91. The molecule has 5 heteroatoms. The van der Waals surface area contributed by atoms with Crippen molar-refractivity contribution in [1.82, 2.24) is 4.90 Å². The first kappa shape index (κ1) is 18.9. The summed E-state index contributed by atoms with van der Waals surface area (Å²) in [4.78, 5) is 16.7. The number of anilines is 1. The number of piperidine rings is 1. The van der Waals surface area contributed by atoms with Crippen molar-refractivity contribution in [2.45, 2.75) is 38.8 Å². The Bertz CT molecular complexity index is 742. The van der Waals surface area contributed by atoms with Gasteiger partial charge in [-0.3, -0.25) is 9.69 Å². The van der Waals surface area contributed by atoms with Crippen molar-refractivity contribution in [3.05, 3.63) is 64.9 Å². The normalized spacial score (nSPS) is 15.8. The number of halogens is 2. The van der Waals surface area contributed by atoms with Crippen LogP contribution in [0, 0.1) is 5.82 Å². The van der Waals surface area contributed by atoms with Gasteiger partial charge in [-0.1, -0.05) is 36.7 Å². The molecule has 0 unspecified atom stereocenters. The van der Waals surface area contributed by atoms with Crippen molar-refractivity contribution in [3.63, 3.8) is 0 Å². The summed E-state index contributed by atoms with van der Waals surface area (Å²) in [6, 6.07) is 14.3. The number of benzene rings is 2. The summed E-state index contributed by atoms with van der Waals surface area (Å²) in [5.74, 6) is -0.201. The summed E-state index contributed by atoms with van der Waals surface area (Å²) in [5, 5.41) is 0.795. The highest BCUT2D eigenvalue weighted by Gasteiger charge is 2.28. The lowest BCUT2D eigenvalue weighted by Gasteiger charge is -2.38. The van der Waals surface area contributed by atoms with Gasteiger partial charge in [0.25, 0.3) is 0 Å². The van der Waals surface area contributed by atoms with Crippen molar-refractivity contribution in [2.75, 3.05) is 18.0 Å². The lowest BCUT2D eigenvalue weighted by Crippen LogP contribution is -2.47. The number of likely N-dealkylation sites (tertiary alicyclic amines) is 1. The van der Waals surface area contributed by atoms with E-state index in [0.29, 0.717) is 6.42 Å². The van der Waals surface area contributed by atoms with Crippen LogP contribution in [0.2, 0.25) is 5.02 Å². The van der Waals surface area contributed by atoms with Crippen LogP contribution in [0.5, 0.6) is 0 Å². The number of carbonyl (C=O) groups excluding carboxylic acids is 1. The average molecular weight is 375 g/mol. The predicted molar refractivity (Wildman–Crippen MR) is 104 cm³/mol. The van der Waals surface area contributed by atoms with Crippen LogP contribution in [0.15, 0.2) is 48.5 Å². The summed E-state index contributed by atoms with van der Waals surface area (Å²) in [6.45, 7) is 4.51. The zero-order valence-corrected chi connectivity index (χ0v) is 15.8. The third-order valence-electron chi connectivity index (χ3n) is 4.95. The Morgan fingerprint density at radius 1 is 1.15 bits per heavy atom. The van der Waals surface area contributed by atoms with Gasteiger partial charge in [0.05, 0.1) is 0 Å². The highest BCUT2D eigenvalue weighted by Crippen LogP contribution is 2.26. The van der Waals surface area contributed by atoms with Crippen LogP contribution in [-0.4, -0.2) is 29.9 Å². The summed E-state index contributed by atoms with van der Waals surface area (Å²) in [6.07, 6.45) is 2.23. The zero-order chi connectivity index (χ0) is 18.5. The first-order valence-corrected chi connectivity index (χ1v) is 9.49. The molecule has 2 aromatic rings. The van der Waals surface area contributed by atoms with Gasteiger partial charge >= 0.3 is 0 Å². The highest BCUT2D eigenvalue weighted by molar-refractivity contribution is 6.31.